The smallest absolute Gasteiger partial charge is 0.180 e. The molecule has 0 aliphatic rings. The largest absolute Gasteiger partial charge is 0.378 e. The van der Waals surface area contributed by atoms with Crippen LogP contribution in [0.1, 0.15) is 5.69 Å². The number of rotatable bonds is 4. The third kappa shape index (κ3) is 2.72. The number of nitrogens with zero attached hydrogens (tertiary/aromatic N) is 4. The van der Waals surface area contributed by atoms with E-state index < -0.39 is 0 Å². The highest BCUT2D eigenvalue weighted by atomic mass is 127. The van der Waals surface area contributed by atoms with Gasteiger partial charge in [-0.05, 0) is 28.7 Å². The molecular weight excluding hydrogens is 345 g/mol. The Hall–Kier alpha value is -1.35. The van der Waals surface area contributed by atoms with Gasteiger partial charge in [-0.1, -0.05) is 0 Å². The predicted octanol–water partition coefficient (Wildman–Crippen LogP) is 1.73. The summed E-state index contributed by atoms with van der Waals surface area (Å²) in [5, 5.41) is 3.05. The SMILES string of the molecule is CNc1nc(-c2ccncn2)nc(COC)c1I. The average Bonchev–Trinajstić information content (AvgIpc) is 2.42. The van der Waals surface area contributed by atoms with E-state index in [4.69, 9.17) is 4.74 Å². The number of ether oxygens (including phenoxy) is 1. The number of aromatic nitrogens is 4. The molecule has 2 aromatic heterocycles. The molecule has 6 nitrogen and oxygen atoms in total. The monoisotopic (exact) mass is 357 g/mol. The summed E-state index contributed by atoms with van der Waals surface area (Å²) in [7, 11) is 3.46. The summed E-state index contributed by atoms with van der Waals surface area (Å²) < 4.78 is 6.10. The molecule has 94 valence electrons. The van der Waals surface area contributed by atoms with Crippen molar-refractivity contribution in [2.45, 2.75) is 6.61 Å². The summed E-state index contributed by atoms with van der Waals surface area (Å²) in [5.41, 5.74) is 1.53. The van der Waals surface area contributed by atoms with E-state index in [2.05, 4.69) is 47.8 Å². The number of nitrogens with one attached hydrogen (secondary N) is 1. The molecule has 0 bridgehead atoms. The Bertz CT molecular complexity index is 534. The molecule has 0 saturated carbocycles. The zero-order chi connectivity index (χ0) is 13.0. The molecule has 0 radical (unpaired) electrons. The number of hydrogen-bond donors (Lipinski definition) is 1. The second kappa shape index (κ2) is 6.01. The van der Waals surface area contributed by atoms with Gasteiger partial charge in [0.1, 0.15) is 17.8 Å². The van der Waals surface area contributed by atoms with E-state index in [9.17, 15) is 0 Å². The first-order chi connectivity index (χ1) is 8.76. The van der Waals surface area contributed by atoms with Crippen LogP contribution in [0.25, 0.3) is 11.5 Å². The third-order valence-electron chi connectivity index (χ3n) is 2.25. The van der Waals surface area contributed by atoms with Crippen LogP contribution in [0.5, 0.6) is 0 Å². The maximum Gasteiger partial charge on any atom is 0.180 e. The van der Waals surface area contributed by atoms with Gasteiger partial charge in [-0.15, -0.1) is 0 Å². The minimum atomic E-state index is 0.438. The minimum absolute atomic E-state index is 0.438. The minimum Gasteiger partial charge on any atom is -0.378 e. The second-order valence-corrected chi connectivity index (χ2v) is 4.51. The van der Waals surface area contributed by atoms with Gasteiger partial charge in [0, 0.05) is 20.4 Å². The molecule has 0 spiro atoms. The van der Waals surface area contributed by atoms with Gasteiger partial charge in [-0.25, -0.2) is 19.9 Å². The van der Waals surface area contributed by atoms with E-state index in [0.717, 1.165) is 15.1 Å². The molecular formula is C11H12IN5O. The lowest BCUT2D eigenvalue weighted by atomic mass is 10.3. The van der Waals surface area contributed by atoms with Crippen LogP contribution in [0.3, 0.4) is 0 Å². The van der Waals surface area contributed by atoms with Crippen molar-refractivity contribution in [2.24, 2.45) is 0 Å². The maximum absolute atomic E-state index is 5.14. The molecule has 0 amide bonds. The Balaban J connectivity index is 2.52. The first-order valence-electron chi connectivity index (χ1n) is 5.25. The van der Waals surface area contributed by atoms with Gasteiger partial charge >= 0.3 is 0 Å². The summed E-state index contributed by atoms with van der Waals surface area (Å²) in [5.74, 6) is 1.33. The van der Waals surface area contributed by atoms with Crippen molar-refractivity contribution in [3.05, 3.63) is 27.9 Å². The van der Waals surface area contributed by atoms with Crippen LogP contribution in [0.4, 0.5) is 5.82 Å². The van der Waals surface area contributed by atoms with Crippen LogP contribution in [-0.2, 0) is 11.3 Å². The fourth-order valence-corrected chi connectivity index (χ4v) is 2.10. The predicted molar refractivity (Wildman–Crippen MR) is 76.0 cm³/mol. The van der Waals surface area contributed by atoms with Gasteiger partial charge in [0.05, 0.1) is 15.9 Å². The Kier molecular flexibility index (Phi) is 4.37. The number of anilines is 1. The Morgan fingerprint density at radius 1 is 1.39 bits per heavy atom. The van der Waals surface area contributed by atoms with Crippen LogP contribution in [0.15, 0.2) is 18.6 Å². The van der Waals surface area contributed by atoms with Gasteiger partial charge in [0.15, 0.2) is 5.82 Å². The lowest BCUT2D eigenvalue weighted by Crippen LogP contribution is -2.06. The highest BCUT2D eigenvalue weighted by molar-refractivity contribution is 14.1. The molecule has 2 heterocycles. The van der Waals surface area contributed by atoms with Gasteiger partial charge in [0.25, 0.3) is 0 Å². The lowest BCUT2D eigenvalue weighted by molar-refractivity contribution is 0.181. The summed E-state index contributed by atoms with van der Waals surface area (Å²) in [6.45, 7) is 0.438. The van der Waals surface area contributed by atoms with Crippen molar-refractivity contribution >= 4 is 28.4 Å². The summed E-state index contributed by atoms with van der Waals surface area (Å²) in [4.78, 5) is 16.9. The van der Waals surface area contributed by atoms with Crippen molar-refractivity contribution in [2.75, 3.05) is 19.5 Å². The van der Waals surface area contributed by atoms with E-state index in [1.54, 1.807) is 19.4 Å². The van der Waals surface area contributed by atoms with Crippen molar-refractivity contribution in [1.29, 1.82) is 0 Å². The van der Waals surface area contributed by atoms with Gasteiger partial charge in [-0.3, -0.25) is 0 Å². The molecule has 2 rings (SSSR count). The van der Waals surface area contributed by atoms with E-state index in [1.165, 1.54) is 6.33 Å². The van der Waals surface area contributed by atoms with Crippen molar-refractivity contribution in [3.8, 4) is 11.5 Å². The second-order valence-electron chi connectivity index (χ2n) is 3.43. The zero-order valence-electron chi connectivity index (χ0n) is 10.0. The quantitative estimate of drug-likeness (QED) is 0.841. The molecule has 2 aromatic rings. The molecule has 0 atom stereocenters. The highest BCUT2D eigenvalue weighted by Gasteiger charge is 2.13. The Morgan fingerprint density at radius 3 is 2.83 bits per heavy atom. The summed E-state index contributed by atoms with van der Waals surface area (Å²) in [6, 6.07) is 1.78. The van der Waals surface area contributed by atoms with Gasteiger partial charge in [-0.2, -0.15) is 0 Å². The fourth-order valence-electron chi connectivity index (χ4n) is 1.43. The van der Waals surface area contributed by atoms with E-state index >= 15 is 0 Å². The molecule has 0 aliphatic heterocycles. The van der Waals surface area contributed by atoms with Crippen molar-refractivity contribution < 1.29 is 4.74 Å². The number of hydrogen-bond acceptors (Lipinski definition) is 6. The highest BCUT2D eigenvalue weighted by Crippen LogP contribution is 2.22. The topological polar surface area (TPSA) is 72.8 Å². The summed E-state index contributed by atoms with van der Waals surface area (Å²) in [6.07, 6.45) is 3.14. The first-order valence-corrected chi connectivity index (χ1v) is 6.33. The standard InChI is InChI=1S/C11H12IN5O/c1-13-11-9(12)8(5-18-2)16-10(17-11)7-3-4-14-6-15-7/h3-4,6H,5H2,1-2H3,(H,13,16,17). The normalized spacial score (nSPS) is 10.4. The third-order valence-corrected chi connectivity index (χ3v) is 3.38. The molecule has 0 unspecified atom stereocenters. The molecule has 0 aliphatic carbocycles. The molecule has 0 saturated heterocycles. The van der Waals surface area contributed by atoms with Crippen LogP contribution >= 0.6 is 22.6 Å². The van der Waals surface area contributed by atoms with Gasteiger partial charge < -0.3 is 10.1 Å². The van der Waals surface area contributed by atoms with E-state index in [-0.39, 0.29) is 0 Å². The van der Waals surface area contributed by atoms with Crippen LogP contribution in [0.2, 0.25) is 0 Å². The van der Waals surface area contributed by atoms with E-state index in [0.29, 0.717) is 18.1 Å². The van der Waals surface area contributed by atoms with E-state index in [1.807, 2.05) is 7.05 Å². The first kappa shape index (κ1) is 13.1. The zero-order valence-corrected chi connectivity index (χ0v) is 12.2. The van der Waals surface area contributed by atoms with Gasteiger partial charge in [0.2, 0.25) is 0 Å². The fraction of sp³-hybridized carbons (Fsp3) is 0.273. The van der Waals surface area contributed by atoms with Crippen molar-refractivity contribution in [1.82, 2.24) is 19.9 Å². The molecule has 0 fully saturated rings. The lowest BCUT2D eigenvalue weighted by Gasteiger charge is -2.10. The Labute approximate surface area is 118 Å². The molecule has 18 heavy (non-hydrogen) atoms. The molecule has 1 N–H and O–H groups in total. The van der Waals surface area contributed by atoms with Crippen LogP contribution < -0.4 is 5.32 Å². The maximum atomic E-state index is 5.14. The molecule has 7 heteroatoms. The number of halogens is 1. The molecule has 0 aromatic carbocycles. The van der Waals surface area contributed by atoms with Crippen LogP contribution in [0, 0.1) is 3.57 Å². The van der Waals surface area contributed by atoms with Crippen molar-refractivity contribution in [3.63, 3.8) is 0 Å². The van der Waals surface area contributed by atoms with Crippen LogP contribution in [-0.4, -0.2) is 34.1 Å². The number of methoxy groups -OCH3 is 1. The Morgan fingerprint density at radius 2 is 2.22 bits per heavy atom. The average molecular weight is 357 g/mol. The summed E-state index contributed by atoms with van der Waals surface area (Å²) >= 11 is 2.20.